The molecule has 1 atom stereocenters. The van der Waals surface area contributed by atoms with Gasteiger partial charge in [-0.1, -0.05) is 53.3 Å². The van der Waals surface area contributed by atoms with E-state index in [0.717, 1.165) is 30.3 Å². The Balaban J connectivity index is 1.54. The Bertz CT molecular complexity index is 1820. The fourth-order valence-corrected chi connectivity index (χ4v) is 7.36. The van der Waals surface area contributed by atoms with Crippen LogP contribution in [0.5, 0.6) is 5.75 Å². The molecule has 0 saturated heterocycles. The van der Waals surface area contributed by atoms with Gasteiger partial charge in [-0.05, 0) is 106 Å². The molecule has 1 aliphatic rings. The van der Waals surface area contributed by atoms with Crippen LogP contribution in [0.3, 0.4) is 0 Å². The molecule has 1 aliphatic heterocycles. The number of fused-ring (bicyclic) bond motifs is 1. The number of rotatable bonds is 7. The third-order valence-electron chi connectivity index (χ3n) is 6.52. The van der Waals surface area contributed by atoms with Crippen molar-refractivity contribution in [3.05, 3.63) is 128 Å². The summed E-state index contributed by atoms with van der Waals surface area (Å²) in [6.45, 7) is 6.02. The minimum atomic E-state index is -0.651. The first-order chi connectivity index (χ1) is 19.7. The first-order valence-electron chi connectivity index (χ1n) is 12.8. The van der Waals surface area contributed by atoms with Crippen LogP contribution in [0.2, 0.25) is 0 Å². The van der Waals surface area contributed by atoms with Crippen LogP contribution in [-0.2, 0) is 16.1 Å². The van der Waals surface area contributed by atoms with Crippen LogP contribution in [0.4, 0.5) is 4.39 Å². The van der Waals surface area contributed by atoms with Crippen LogP contribution in [0.15, 0.2) is 86.2 Å². The summed E-state index contributed by atoms with van der Waals surface area (Å²) in [5, 5.41) is 0. The highest BCUT2D eigenvalue weighted by Crippen LogP contribution is 2.33. The van der Waals surface area contributed by atoms with Crippen molar-refractivity contribution in [3.8, 4) is 5.75 Å². The van der Waals surface area contributed by atoms with Gasteiger partial charge in [0.25, 0.3) is 5.56 Å². The molecule has 0 N–H and O–H groups in total. The van der Waals surface area contributed by atoms with Crippen LogP contribution < -0.4 is 19.6 Å². The zero-order valence-corrected chi connectivity index (χ0v) is 27.0. The summed E-state index contributed by atoms with van der Waals surface area (Å²) < 4.78 is 28.2. The lowest BCUT2D eigenvalue weighted by atomic mass is 9.95. The quantitative estimate of drug-likeness (QED) is 0.167. The average Bonchev–Trinajstić information content (AvgIpc) is 3.23. The Morgan fingerprint density at radius 1 is 1.15 bits per heavy atom. The number of benzene rings is 3. The van der Waals surface area contributed by atoms with Crippen molar-refractivity contribution in [2.75, 3.05) is 6.61 Å². The van der Waals surface area contributed by atoms with Gasteiger partial charge in [-0.15, -0.1) is 0 Å². The summed E-state index contributed by atoms with van der Waals surface area (Å²) in [4.78, 5) is 32.1. The summed E-state index contributed by atoms with van der Waals surface area (Å²) in [5.41, 5.74) is 4.17. The SMILES string of the molecule is CCOC(=O)C1=C(C)N=c2s/c(=C/c3cc(Br)c(OCc4ccc(F)cc4)c(I)c3)c(=O)n2[C@@H]1c1ccc(C)cc1. The molecule has 0 unspecified atom stereocenters. The van der Waals surface area contributed by atoms with E-state index < -0.39 is 12.0 Å². The van der Waals surface area contributed by atoms with Crippen LogP contribution in [0, 0.1) is 16.3 Å². The number of allylic oxidation sites excluding steroid dienone is 1. The number of hydrogen-bond donors (Lipinski definition) is 0. The molecule has 5 rings (SSSR count). The lowest BCUT2D eigenvalue weighted by Crippen LogP contribution is -2.39. The van der Waals surface area contributed by atoms with Crippen LogP contribution in [0.25, 0.3) is 6.08 Å². The van der Waals surface area contributed by atoms with E-state index in [1.165, 1.54) is 23.5 Å². The minimum Gasteiger partial charge on any atom is -0.487 e. The first kappa shape index (κ1) is 29.4. The number of hydrogen-bond acceptors (Lipinski definition) is 6. The third kappa shape index (κ3) is 6.24. The van der Waals surface area contributed by atoms with Gasteiger partial charge in [-0.25, -0.2) is 14.2 Å². The molecule has 1 aromatic heterocycles. The highest BCUT2D eigenvalue weighted by atomic mass is 127. The van der Waals surface area contributed by atoms with E-state index in [9.17, 15) is 14.0 Å². The van der Waals surface area contributed by atoms with Crippen LogP contribution in [-0.4, -0.2) is 17.1 Å². The Kier molecular flexibility index (Phi) is 8.91. The van der Waals surface area contributed by atoms with Crippen molar-refractivity contribution < 1.29 is 18.7 Å². The monoisotopic (exact) mass is 746 g/mol. The Labute approximate surface area is 262 Å². The Hall–Kier alpha value is -3.09. The summed E-state index contributed by atoms with van der Waals surface area (Å²) in [7, 11) is 0. The molecule has 0 bridgehead atoms. The molecule has 3 aromatic carbocycles. The number of esters is 1. The zero-order valence-electron chi connectivity index (χ0n) is 22.4. The molecule has 0 spiro atoms. The first-order valence-corrected chi connectivity index (χ1v) is 15.5. The molecule has 41 heavy (non-hydrogen) atoms. The van der Waals surface area contributed by atoms with Crippen LogP contribution >= 0.6 is 49.9 Å². The van der Waals surface area contributed by atoms with E-state index in [4.69, 9.17) is 9.47 Å². The minimum absolute atomic E-state index is 0.220. The molecule has 210 valence electrons. The van der Waals surface area contributed by atoms with Crippen LogP contribution in [0.1, 0.15) is 42.1 Å². The second-order valence-corrected chi connectivity index (χ2v) is 12.5. The van der Waals surface area contributed by atoms with Gasteiger partial charge in [0, 0.05) is 0 Å². The topological polar surface area (TPSA) is 69.9 Å². The van der Waals surface area contributed by atoms with Gasteiger partial charge >= 0.3 is 5.97 Å². The number of carbonyl (C=O) groups is 1. The van der Waals surface area contributed by atoms with Gasteiger partial charge in [-0.3, -0.25) is 9.36 Å². The van der Waals surface area contributed by atoms with E-state index in [1.807, 2.05) is 49.4 Å². The van der Waals surface area contributed by atoms with Crippen molar-refractivity contribution in [2.45, 2.75) is 33.4 Å². The molecule has 4 aromatic rings. The van der Waals surface area contributed by atoms with Crippen molar-refractivity contribution in [2.24, 2.45) is 4.99 Å². The molecule has 0 saturated carbocycles. The maximum Gasteiger partial charge on any atom is 0.338 e. The number of halogens is 3. The number of ether oxygens (including phenoxy) is 2. The average molecular weight is 747 g/mol. The molecular formula is C31H25BrFIN2O4S. The predicted molar refractivity (Wildman–Crippen MR) is 169 cm³/mol. The number of aromatic nitrogens is 1. The van der Waals surface area contributed by atoms with Gasteiger partial charge in [0.15, 0.2) is 4.80 Å². The van der Waals surface area contributed by atoms with Gasteiger partial charge in [-0.2, -0.15) is 0 Å². The number of thiazole rings is 1. The standard InChI is InChI=1S/C31H25BrFIN2O4S/c1-4-39-30(38)26-18(3)35-31-36(27(26)21-9-5-17(2)6-10-21)29(37)25(41-31)15-20-13-23(32)28(24(34)14-20)40-16-19-7-11-22(33)12-8-19/h5-15,27H,4,16H2,1-3H3/b25-15+/t27-/m1/s1. The molecule has 0 radical (unpaired) electrons. The highest BCUT2D eigenvalue weighted by molar-refractivity contribution is 14.1. The third-order valence-corrected chi connectivity index (χ3v) is 8.90. The molecule has 0 aliphatic carbocycles. The summed E-state index contributed by atoms with van der Waals surface area (Å²) in [6, 6.07) is 17.1. The number of nitrogens with zero attached hydrogens (tertiary/aromatic N) is 2. The number of aryl methyl sites for hydroxylation is 1. The lowest BCUT2D eigenvalue weighted by Gasteiger charge is -2.24. The molecule has 0 fully saturated rings. The van der Waals surface area contributed by atoms with E-state index >= 15 is 0 Å². The van der Waals surface area contributed by atoms with E-state index in [1.54, 1.807) is 30.5 Å². The lowest BCUT2D eigenvalue weighted by molar-refractivity contribution is -0.139. The predicted octanol–water partition coefficient (Wildman–Crippen LogP) is 6.19. The fraction of sp³-hybridized carbons (Fsp3) is 0.194. The largest absolute Gasteiger partial charge is 0.487 e. The van der Waals surface area contributed by atoms with Gasteiger partial charge in [0.05, 0.1) is 36.5 Å². The molecule has 10 heteroatoms. The van der Waals surface area contributed by atoms with Crippen molar-refractivity contribution in [1.29, 1.82) is 0 Å². The molecular weight excluding hydrogens is 722 g/mol. The maximum atomic E-state index is 13.9. The normalized spacial score (nSPS) is 15.0. The second-order valence-electron chi connectivity index (χ2n) is 9.44. The maximum absolute atomic E-state index is 13.9. The fourth-order valence-electron chi connectivity index (χ4n) is 4.54. The van der Waals surface area contributed by atoms with Gasteiger partial charge in [0.2, 0.25) is 0 Å². The summed E-state index contributed by atoms with van der Waals surface area (Å²) in [6.07, 6.45) is 1.82. The van der Waals surface area contributed by atoms with E-state index in [2.05, 4.69) is 43.5 Å². The van der Waals surface area contributed by atoms with E-state index in [-0.39, 0.29) is 24.6 Å². The Morgan fingerprint density at radius 3 is 2.51 bits per heavy atom. The number of carbonyl (C=O) groups excluding carboxylic acids is 1. The summed E-state index contributed by atoms with van der Waals surface area (Å²) in [5.74, 6) is -0.123. The molecule has 0 amide bonds. The molecule has 6 nitrogen and oxygen atoms in total. The smallest absolute Gasteiger partial charge is 0.338 e. The molecule has 2 heterocycles. The van der Waals surface area contributed by atoms with Crippen molar-refractivity contribution in [1.82, 2.24) is 4.57 Å². The van der Waals surface area contributed by atoms with Gasteiger partial charge < -0.3 is 9.47 Å². The zero-order chi connectivity index (χ0) is 29.3. The Morgan fingerprint density at radius 2 is 1.85 bits per heavy atom. The van der Waals surface area contributed by atoms with E-state index in [0.29, 0.717) is 26.4 Å². The summed E-state index contributed by atoms with van der Waals surface area (Å²) >= 11 is 7.06. The highest BCUT2D eigenvalue weighted by Gasteiger charge is 2.33. The second kappa shape index (κ2) is 12.4. The van der Waals surface area contributed by atoms with Crippen molar-refractivity contribution >= 4 is 61.9 Å². The van der Waals surface area contributed by atoms with Gasteiger partial charge in [0.1, 0.15) is 18.2 Å². The van der Waals surface area contributed by atoms with Crippen molar-refractivity contribution in [3.63, 3.8) is 0 Å².